The van der Waals surface area contributed by atoms with Gasteiger partial charge in [0.1, 0.15) is 24.7 Å². The third-order valence-electron chi connectivity index (χ3n) is 3.55. The highest BCUT2D eigenvalue weighted by molar-refractivity contribution is 5.44. The topological polar surface area (TPSA) is 30.5 Å². The van der Waals surface area contributed by atoms with Crippen LogP contribution in [-0.4, -0.2) is 12.6 Å². The van der Waals surface area contributed by atoms with Gasteiger partial charge in [-0.15, -0.1) is 0 Å². The van der Waals surface area contributed by atoms with Gasteiger partial charge in [0.15, 0.2) is 0 Å². The summed E-state index contributed by atoms with van der Waals surface area (Å²) in [6.07, 6.45) is 0. The number of nitrogens with one attached hydrogen (secondary N) is 1. The third-order valence-corrected chi connectivity index (χ3v) is 3.55. The maximum Gasteiger partial charge on any atom is 0.124 e. The third kappa shape index (κ3) is 3.37. The fourth-order valence-corrected chi connectivity index (χ4v) is 2.56. The molecule has 0 saturated heterocycles. The summed E-state index contributed by atoms with van der Waals surface area (Å²) in [6, 6.07) is 16.9. The summed E-state index contributed by atoms with van der Waals surface area (Å²) in [5, 5.41) is 3.52. The van der Waals surface area contributed by atoms with Crippen LogP contribution in [-0.2, 0) is 6.61 Å². The van der Waals surface area contributed by atoms with E-state index in [2.05, 4.69) is 37.4 Å². The van der Waals surface area contributed by atoms with Gasteiger partial charge in [-0.2, -0.15) is 0 Å². The minimum atomic E-state index is 0.250. The van der Waals surface area contributed by atoms with Gasteiger partial charge >= 0.3 is 0 Å². The van der Waals surface area contributed by atoms with Gasteiger partial charge in [-0.25, -0.2) is 0 Å². The van der Waals surface area contributed by atoms with Gasteiger partial charge in [0.05, 0.1) is 6.04 Å². The van der Waals surface area contributed by atoms with Crippen LogP contribution in [0.5, 0.6) is 11.5 Å². The van der Waals surface area contributed by atoms with Crippen molar-refractivity contribution in [2.24, 2.45) is 0 Å². The van der Waals surface area contributed by atoms with Crippen molar-refractivity contribution in [3.8, 4) is 11.5 Å². The van der Waals surface area contributed by atoms with Gasteiger partial charge in [-0.05, 0) is 23.8 Å². The van der Waals surface area contributed by atoms with E-state index in [9.17, 15) is 0 Å². The van der Waals surface area contributed by atoms with Gasteiger partial charge in [-0.1, -0.05) is 44.2 Å². The number of hydrogen-bond donors (Lipinski definition) is 1. The highest BCUT2D eigenvalue weighted by atomic mass is 16.5. The van der Waals surface area contributed by atoms with Crippen LogP contribution in [0, 0.1) is 0 Å². The second-order valence-corrected chi connectivity index (χ2v) is 5.66. The zero-order valence-corrected chi connectivity index (χ0v) is 12.5. The quantitative estimate of drug-likeness (QED) is 0.907. The molecule has 0 aliphatic carbocycles. The normalized spacial score (nSPS) is 16.6. The first-order chi connectivity index (χ1) is 10.2. The minimum absolute atomic E-state index is 0.250. The number of ether oxygens (including phenoxy) is 2. The van der Waals surface area contributed by atoms with Gasteiger partial charge in [0.2, 0.25) is 0 Å². The van der Waals surface area contributed by atoms with Crippen molar-refractivity contribution in [3.05, 3.63) is 59.7 Å². The molecule has 3 rings (SSSR count). The number of benzene rings is 2. The van der Waals surface area contributed by atoms with Gasteiger partial charge in [-0.3, -0.25) is 0 Å². The molecule has 1 atom stereocenters. The second-order valence-electron chi connectivity index (χ2n) is 5.66. The minimum Gasteiger partial charge on any atom is -0.491 e. The van der Waals surface area contributed by atoms with Crippen molar-refractivity contribution in [1.29, 1.82) is 0 Å². The maximum absolute atomic E-state index is 5.89. The highest BCUT2D eigenvalue weighted by Crippen LogP contribution is 2.35. The summed E-state index contributed by atoms with van der Waals surface area (Å²) in [7, 11) is 0. The van der Waals surface area contributed by atoms with E-state index >= 15 is 0 Å². The molecule has 1 aliphatic rings. The van der Waals surface area contributed by atoms with Crippen LogP contribution < -0.4 is 14.8 Å². The molecule has 3 nitrogen and oxygen atoms in total. The summed E-state index contributed by atoms with van der Waals surface area (Å²) in [5.74, 6) is 1.85. The Morgan fingerprint density at radius 1 is 1.19 bits per heavy atom. The SMILES string of the molecule is CC(C)NC1COc2ccc(OCc3ccccc3)cc21. The first-order valence-electron chi connectivity index (χ1n) is 7.42. The average Bonchev–Trinajstić information content (AvgIpc) is 2.88. The zero-order valence-electron chi connectivity index (χ0n) is 12.5. The summed E-state index contributed by atoms with van der Waals surface area (Å²) >= 11 is 0. The van der Waals surface area contributed by atoms with Crippen molar-refractivity contribution in [1.82, 2.24) is 5.32 Å². The number of rotatable bonds is 5. The lowest BCUT2D eigenvalue weighted by molar-refractivity contribution is 0.303. The predicted octanol–water partition coefficient (Wildman–Crippen LogP) is 3.70. The van der Waals surface area contributed by atoms with E-state index in [1.807, 2.05) is 30.3 Å². The Bertz CT molecular complexity index is 595. The molecule has 0 amide bonds. The molecule has 0 aromatic heterocycles. The Morgan fingerprint density at radius 3 is 2.76 bits per heavy atom. The smallest absolute Gasteiger partial charge is 0.124 e. The average molecular weight is 283 g/mol. The lowest BCUT2D eigenvalue weighted by Crippen LogP contribution is -2.28. The van der Waals surface area contributed by atoms with Gasteiger partial charge < -0.3 is 14.8 Å². The van der Waals surface area contributed by atoms with Crippen molar-refractivity contribution in [3.63, 3.8) is 0 Å². The standard InChI is InChI=1S/C18H21NO2/c1-13(2)19-17-12-21-18-9-8-15(10-16(17)18)20-11-14-6-4-3-5-7-14/h3-10,13,17,19H,11-12H2,1-2H3. The molecule has 0 fully saturated rings. The molecular weight excluding hydrogens is 262 g/mol. The fourth-order valence-electron chi connectivity index (χ4n) is 2.56. The Kier molecular flexibility index (Phi) is 4.11. The lowest BCUT2D eigenvalue weighted by atomic mass is 10.1. The predicted molar refractivity (Wildman–Crippen MR) is 83.7 cm³/mol. The zero-order chi connectivity index (χ0) is 14.7. The summed E-state index contributed by atoms with van der Waals surface area (Å²) in [5.41, 5.74) is 2.36. The van der Waals surface area contributed by atoms with Crippen molar-refractivity contribution in [2.45, 2.75) is 32.5 Å². The maximum atomic E-state index is 5.89. The second kappa shape index (κ2) is 6.19. The van der Waals surface area contributed by atoms with E-state index in [1.165, 1.54) is 11.1 Å². The van der Waals surface area contributed by atoms with Crippen LogP contribution >= 0.6 is 0 Å². The van der Waals surface area contributed by atoms with Gasteiger partial charge in [0.25, 0.3) is 0 Å². The van der Waals surface area contributed by atoms with Crippen LogP contribution in [0.15, 0.2) is 48.5 Å². The molecule has 0 saturated carbocycles. The molecule has 110 valence electrons. The summed E-state index contributed by atoms with van der Waals surface area (Å²) < 4.78 is 11.6. The Morgan fingerprint density at radius 2 is 2.00 bits per heavy atom. The molecule has 1 heterocycles. The lowest BCUT2D eigenvalue weighted by Gasteiger charge is -2.15. The molecule has 0 bridgehead atoms. The molecule has 2 aromatic rings. The molecule has 1 unspecified atom stereocenters. The number of fused-ring (bicyclic) bond motifs is 1. The molecule has 2 aromatic carbocycles. The first kappa shape index (κ1) is 14.0. The van der Waals surface area contributed by atoms with Crippen LogP contribution in [0.25, 0.3) is 0 Å². The molecule has 21 heavy (non-hydrogen) atoms. The number of hydrogen-bond acceptors (Lipinski definition) is 3. The van der Waals surface area contributed by atoms with E-state index in [4.69, 9.17) is 9.47 Å². The van der Waals surface area contributed by atoms with E-state index in [1.54, 1.807) is 0 Å². The van der Waals surface area contributed by atoms with Crippen LogP contribution in [0.2, 0.25) is 0 Å². The van der Waals surface area contributed by atoms with Crippen LogP contribution in [0.4, 0.5) is 0 Å². The molecule has 1 aliphatic heterocycles. The molecule has 0 radical (unpaired) electrons. The monoisotopic (exact) mass is 283 g/mol. The van der Waals surface area contributed by atoms with Gasteiger partial charge in [0, 0.05) is 11.6 Å². The fraction of sp³-hybridized carbons (Fsp3) is 0.333. The van der Waals surface area contributed by atoms with Crippen molar-refractivity contribution >= 4 is 0 Å². The Hall–Kier alpha value is -2.00. The Labute approximate surface area is 125 Å². The van der Waals surface area contributed by atoms with Crippen molar-refractivity contribution in [2.75, 3.05) is 6.61 Å². The van der Waals surface area contributed by atoms with E-state index in [0.29, 0.717) is 19.3 Å². The summed E-state index contributed by atoms with van der Waals surface area (Å²) in [6.45, 7) is 5.57. The molecule has 3 heteroatoms. The highest BCUT2D eigenvalue weighted by Gasteiger charge is 2.24. The Balaban J connectivity index is 1.70. The van der Waals surface area contributed by atoms with E-state index < -0.39 is 0 Å². The van der Waals surface area contributed by atoms with E-state index in [-0.39, 0.29) is 6.04 Å². The van der Waals surface area contributed by atoms with E-state index in [0.717, 1.165) is 11.5 Å². The largest absolute Gasteiger partial charge is 0.491 e. The van der Waals surface area contributed by atoms with Crippen LogP contribution in [0.1, 0.15) is 31.0 Å². The molecular formula is C18H21NO2. The molecule has 0 spiro atoms. The molecule has 1 N–H and O–H groups in total. The first-order valence-corrected chi connectivity index (χ1v) is 7.42. The summed E-state index contributed by atoms with van der Waals surface area (Å²) in [4.78, 5) is 0. The van der Waals surface area contributed by atoms with Crippen LogP contribution in [0.3, 0.4) is 0 Å². The van der Waals surface area contributed by atoms with Crippen molar-refractivity contribution < 1.29 is 9.47 Å².